The smallest absolute Gasteiger partial charge is 0.241 e. The third kappa shape index (κ3) is 5.70. The van der Waals surface area contributed by atoms with Crippen molar-refractivity contribution in [3.8, 4) is 0 Å². The molecule has 2 aliphatic carbocycles. The van der Waals surface area contributed by atoms with Crippen LogP contribution in [0.15, 0.2) is 12.2 Å². The number of allylic oxidation sites excluding steroid dienone is 1. The van der Waals surface area contributed by atoms with Crippen LogP contribution in [0.3, 0.4) is 0 Å². The standard InChI is InChI=1S/C12H19NO.2C2H6/c13-12(14)6-5-9-7-10-3-1-2-4-11(10)8-9;2*1-2/h5-6,9-11H,1-4,7-8H2,(H2,13,14);2*1-2H3/b6-5+;;. The lowest BCUT2D eigenvalue weighted by molar-refractivity contribution is -0.113. The van der Waals surface area contributed by atoms with E-state index in [1.54, 1.807) is 6.08 Å². The highest BCUT2D eigenvalue weighted by molar-refractivity contribution is 5.85. The molecule has 0 bridgehead atoms. The summed E-state index contributed by atoms with van der Waals surface area (Å²) >= 11 is 0. The molecule has 2 fully saturated rings. The van der Waals surface area contributed by atoms with Gasteiger partial charge in [0.1, 0.15) is 0 Å². The summed E-state index contributed by atoms with van der Waals surface area (Å²) in [5, 5.41) is 0. The van der Waals surface area contributed by atoms with Crippen LogP contribution in [0.5, 0.6) is 0 Å². The van der Waals surface area contributed by atoms with Crippen molar-refractivity contribution < 1.29 is 4.79 Å². The van der Waals surface area contributed by atoms with Gasteiger partial charge in [-0.2, -0.15) is 0 Å². The number of carbonyl (C=O) groups is 1. The summed E-state index contributed by atoms with van der Waals surface area (Å²) in [6.07, 6.45) is 11.8. The molecule has 0 aliphatic heterocycles. The highest BCUT2D eigenvalue weighted by Gasteiger charge is 2.34. The molecule has 0 aromatic heterocycles. The van der Waals surface area contributed by atoms with Crippen molar-refractivity contribution in [1.82, 2.24) is 0 Å². The largest absolute Gasteiger partial charge is 0.366 e. The molecule has 0 spiro atoms. The van der Waals surface area contributed by atoms with Gasteiger partial charge in [0.05, 0.1) is 0 Å². The number of amides is 1. The Hall–Kier alpha value is -0.790. The second-order valence-electron chi connectivity index (χ2n) is 4.80. The van der Waals surface area contributed by atoms with Crippen LogP contribution < -0.4 is 5.73 Å². The molecular formula is C16H31NO. The average molecular weight is 253 g/mol. The number of carbonyl (C=O) groups excluding carboxylic acids is 1. The summed E-state index contributed by atoms with van der Waals surface area (Å²) < 4.78 is 0. The summed E-state index contributed by atoms with van der Waals surface area (Å²) in [6, 6.07) is 0. The van der Waals surface area contributed by atoms with Crippen LogP contribution in [0.2, 0.25) is 0 Å². The van der Waals surface area contributed by atoms with Gasteiger partial charge in [0, 0.05) is 0 Å². The van der Waals surface area contributed by atoms with Gasteiger partial charge < -0.3 is 5.73 Å². The van der Waals surface area contributed by atoms with Gasteiger partial charge in [0.15, 0.2) is 0 Å². The van der Waals surface area contributed by atoms with E-state index in [2.05, 4.69) is 0 Å². The Morgan fingerprint density at radius 3 is 1.83 bits per heavy atom. The molecule has 1 amide bonds. The first-order chi connectivity index (χ1) is 8.75. The third-order valence-electron chi connectivity index (χ3n) is 3.81. The Morgan fingerprint density at radius 1 is 1.00 bits per heavy atom. The summed E-state index contributed by atoms with van der Waals surface area (Å²) in [5.41, 5.74) is 5.09. The Kier molecular flexibility index (Phi) is 9.72. The minimum absolute atomic E-state index is 0.306. The number of primary amides is 1. The Bertz CT molecular complexity index is 233. The first kappa shape index (κ1) is 17.2. The second kappa shape index (κ2) is 10.2. The molecule has 0 radical (unpaired) electrons. The van der Waals surface area contributed by atoms with Crippen molar-refractivity contribution in [3.63, 3.8) is 0 Å². The zero-order valence-corrected chi connectivity index (χ0v) is 12.6. The summed E-state index contributed by atoms with van der Waals surface area (Å²) in [5.74, 6) is 2.19. The zero-order chi connectivity index (χ0) is 14.0. The lowest BCUT2D eigenvalue weighted by Gasteiger charge is -2.24. The predicted molar refractivity (Wildman–Crippen MR) is 79.2 cm³/mol. The lowest BCUT2D eigenvalue weighted by atomic mass is 9.82. The van der Waals surface area contributed by atoms with E-state index >= 15 is 0 Å². The quantitative estimate of drug-likeness (QED) is 0.733. The number of rotatable bonds is 2. The van der Waals surface area contributed by atoms with Gasteiger partial charge >= 0.3 is 0 Å². The maximum atomic E-state index is 10.6. The van der Waals surface area contributed by atoms with Crippen molar-refractivity contribution in [2.45, 2.75) is 66.2 Å². The van der Waals surface area contributed by atoms with Gasteiger partial charge in [-0.3, -0.25) is 4.79 Å². The molecule has 0 aromatic carbocycles. The molecule has 2 atom stereocenters. The molecule has 106 valence electrons. The van der Waals surface area contributed by atoms with Crippen molar-refractivity contribution in [2.24, 2.45) is 23.5 Å². The first-order valence-electron chi connectivity index (χ1n) is 7.73. The van der Waals surface area contributed by atoms with Crippen LogP contribution in [0.25, 0.3) is 0 Å². The normalized spacial score (nSPS) is 29.7. The zero-order valence-electron chi connectivity index (χ0n) is 12.6. The molecule has 2 unspecified atom stereocenters. The van der Waals surface area contributed by atoms with Gasteiger partial charge in [-0.25, -0.2) is 0 Å². The van der Waals surface area contributed by atoms with E-state index in [9.17, 15) is 4.79 Å². The predicted octanol–water partition coefficient (Wildman–Crippen LogP) is 4.30. The molecule has 2 aliphatic rings. The fraction of sp³-hybridized carbons (Fsp3) is 0.812. The fourth-order valence-electron chi connectivity index (χ4n) is 3.17. The van der Waals surface area contributed by atoms with Gasteiger partial charge in [-0.15, -0.1) is 0 Å². The summed E-state index contributed by atoms with van der Waals surface area (Å²) in [7, 11) is 0. The molecule has 2 saturated carbocycles. The van der Waals surface area contributed by atoms with E-state index in [1.807, 2.05) is 33.8 Å². The number of fused-ring (bicyclic) bond motifs is 1. The van der Waals surface area contributed by atoms with Crippen molar-refractivity contribution in [2.75, 3.05) is 0 Å². The van der Waals surface area contributed by atoms with E-state index in [1.165, 1.54) is 38.5 Å². The average Bonchev–Trinajstić information content (AvgIpc) is 2.84. The fourth-order valence-corrected chi connectivity index (χ4v) is 3.17. The Morgan fingerprint density at radius 2 is 1.44 bits per heavy atom. The Balaban J connectivity index is 0.000000659. The first-order valence-corrected chi connectivity index (χ1v) is 7.73. The van der Waals surface area contributed by atoms with Crippen LogP contribution >= 0.6 is 0 Å². The minimum atomic E-state index is -0.306. The van der Waals surface area contributed by atoms with Crippen LogP contribution in [0.1, 0.15) is 66.2 Å². The van der Waals surface area contributed by atoms with Gasteiger partial charge in [-0.05, 0) is 36.7 Å². The van der Waals surface area contributed by atoms with E-state index in [0.29, 0.717) is 5.92 Å². The molecule has 0 saturated heterocycles. The SMILES string of the molecule is CC.CC.NC(=O)/C=C/C1CC2CCCCC2C1. The van der Waals surface area contributed by atoms with Crippen LogP contribution in [-0.4, -0.2) is 5.91 Å². The van der Waals surface area contributed by atoms with E-state index in [-0.39, 0.29) is 5.91 Å². The van der Waals surface area contributed by atoms with Crippen LogP contribution in [-0.2, 0) is 4.79 Å². The van der Waals surface area contributed by atoms with Crippen molar-refractivity contribution in [1.29, 1.82) is 0 Å². The maximum absolute atomic E-state index is 10.6. The summed E-state index contributed by atoms with van der Waals surface area (Å²) in [6.45, 7) is 8.00. The number of hydrogen-bond acceptors (Lipinski definition) is 1. The number of hydrogen-bond donors (Lipinski definition) is 1. The minimum Gasteiger partial charge on any atom is -0.366 e. The van der Waals surface area contributed by atoms with Gasteiger partial charge in [-0.1, -0.05) is 59.5 Å². The van der Waals surface area contributed by atoms with Crippen LogP contribution in [0, 0.1) is 17.8 Å². The van der Waals surface area contributed by atoms with Gasteiger partial charge in [0.25, 0.3) is 0 Å². The molecule has 0 heterocycles. The van der Waals surface area contributed by atoms with Gasteiger partial charge in [0.2, 0.25) is 5.91 Å². The highest BCUT2D eigenvalue weighted by Crippen LogP contribution is 2.45. The van der Waals surface area contributed by atoms with E-state index in [0.717, 1.165) is 11.8 Å². The molecule has 2 heteroatoms. The number of nitrogens with two attached hydrogens (primary N) is 1. The van der Waals surface area contributed by atoms with Crippen LogP contribution in [0.4, 0.5) is 0 Å². The molecule has 2 N–H and O–H groups in total. The summed E-state index contributed by atoms with van der Waals surface area (Å²) in [4.78, 5) is 10.6. The van der Waals surface area contributed by atoms with E-state index < -0.39 is 0 Å². The van der Waals surface area contributed by atoms with E-state index in [4.69, 9.17) is 5.73 Å². The molecule has 0 aromatic rings. The molecule has 2 rings (SSSR count). The Labute approximate surface area is 113 Å². The monoisotopic (exact) mass is 253 g/mol. The molecular weight excluding hydrogens is 222 g/mol. The maximum Gasteiger partial charge on any atom is 0.241 e. The second-order valence-corrected chi connectivity index (χ2v) is 4.80. The van der Waals surface area contributed by atoms with Crippen molar-refractivity contribution in [3.05, 3.63) is 12.2 Å². The molecule has 2 nitrogen and oxygen atoms in total. The molecule has 18 heavy (non-hydrogen) atoms. The highest BCUT2D eigenvalue weighted by atomic mass is 16.1. The topological polar surface area (TPSA) is 43.1 Å². The van der Waals surface area contributed by atoms with Crippen molar-refractivity contribution >= 4 is 5.91 Å². The lowest BCUT2D eigenvalue weighted by Crippen LogP contribution is -2.12. The third-order valence-corrected chi connectivity index (χ3v) is 3.81.